The van der Waals surface area contributed by atoms with Crippen molar-refractivity contribution in [1.29, 1.82) is 0 Å². The van der Waals surface area contributed by atoms with Crippen molar-refractivity contribution in [1.82, 2.24) is 14.8 Å². The zero-order chi connectivity index (χ0) is 13.8. The van der Waals surface area contributed by atoms with E-state index >= 15 is 0 Å². The fraction of sp³-hybridized carbons (Fsp3) is 0.167. The Kier molecular flexibility index (Phi) is 3.56. The van der Waals surface area contributed by atoms with Crippen molar-refractivity contribution in [2.75, 3.05) is 6.61 Å². The lowest BCUT2D eigenvalue weighted by Gasteiger charge is -2.00. The predicted molar refractivity (Wildman–Crippen MR) is 64.3 cm³/mol. The first-order valence-electron chi connectivity index (χ1n) is 5.53. The van der Waals surface area contributed by atoms with Crippen LogP contribution in [0.3, 0.4) is 0 Å². The average Bonchev–Trinajstić information content (AvgIpc) is 2.89. The van der Waals surface area contributed by atoms with Crippen molar-refractivity contribution in [2.24, 2.45) is 0 Å². The van der Waals surface area contributed by atoms with Crippen LogP contribution in [-0.4, -0.2) is 38.4 Å². The minimum atomic E-state index is -1.10. The van der Waals surface area contributed by atoms with Gasteiger partial charge >= 0.3 is 11.9 Å². The molecule has 98 valence electrons. The molecule has 2 aromatic heterocycles. The molecule has 2 aromatic rings. The van der Waals surface area contributed by atoms with Gasteiger partial charge in [0.05, 0.1) is 30.3 Å². The number of ether oxygens (including phenoxy) is 1. The molecule has 0 saturated carbocycles. The van der Waals surface area contributed by atoms with Gasteiger partial charge in [0.15, 0.2) is 0 Å². The summed E-state index contributed by atoms with van der Waals surface area (Å²) in [5, 5.41) is 12.7. The minimum absolute atomic E-state index is 0.0541. The summed E-state index contributed by atoms with van der Waals surface area (Å²) in [7, 11) is 0. The fourth-order valence-corrected chi connectivity index (χ4v) is 1.43. The van der Waals surface area contributed by atoms with Gasteiger partial charge in [-0.25, -0.2) is 19.3 Å². The van der Waals surface area contributed by atoms with Crippen LogP contribution in [0, 0.1) is 0 Å². The lowest BCUT2D eigenvalue weighted by atomic mass is 10.3. The molecule has 7 heteroatoms. The highest BCUT2D eigenvalue weighted by Gasteiger charge is 2.11. The number of carbonyl (C=O) groups excluding carboxylic acids is 1. The third-order valence-electron chi connectivity index (χ3n) is 2.33. The summed E-state index contributed by atoms with van der Waals surface area (Å²) in [4.78, 5) is 25.9. The molecule has 0 saturated heterocycles. The monoisotopic (exact) mass is 261 g/mol. The summed E-state index contributed by atoms with van der Waals surface area (Å²) in [5.74, 6) is -1.55. The molecular formula is C12H11N3O4. The zero-order valence-corrected chi connectivity index (χ0v) is 10.1. The van der Waals surface area contributed by atoms with Crippen LogP contribution in [-0.2, 0) is 4.74 Å². The number of carboxylic acid groups (broad SMARTS) is 1. The molecule has 0 fully saturated rings. The van der Waals surface area contributed by atoms with Gasteiger partial charge in [0.25, 0.3) is 0 Å². The normalized spacial score (nSPS) is 10.2. The van der Waals surface area contributed by atoms with Gasteiger partial charge in [-0.05, 0) is 19.1 Å². The second-order valence-electron chi connectivity index (χ2n) is 3.60. The molecule has 0 atom stereocenters. The Bertz CT molecular complexity index is 604. The molecule has 0 spiro atoms. The van der Waals surface area contributed by atoms with Crippen molar-refractivity contribution in [2.45, 2.75) is 6.92 Å². The first-order valence-corrected chi connectivity index (χ1v) is 5.53. The first kappa shape index (κ1) is 12.7. The van der Waals surface area contributed by atoms with Gasteiger partial charge in [-0.1, -0.05) is 0 Å². The lowest BCUT2D eigenvalue weighted by Crippen LogP contribution is -2.04. The molecule has 0 aliphatic carbocycles. The highest BCUT2D eigenvalue weighted by Crippen LogP contribution is 2.09. The summed E-state index contributed by atoms with van der Waals surface area (Å²) >= 11 is 0. The van der Waals surface area contributed by atoms with Crippen molar-refractivity contribution in [3.8, 4) is 5.69 Å². The molecule has 2 rings (SSSR count). The standard InChI is InChI=1S/C12H11N3O4/c1-2-19-12(18)8-5-14-15(7-8)9-3-4-10(11(16)17)13-6-9/h3-7H,2H2,1H3,(H,16,17). The smallest absolute Gasteiger partial charge is 0.354 e. The summed E-state index contributed by atoms with van der Waals surface area (Å²) in [6.45, 7) is 2.01. The SMILES string of the molecule is CCOC(=O)c1cnn(-c2ccc(C(=O)O)nc2)c1. The summed E-state index contributed by atoms with van der Waals surface area (Å²) < 4.78 is 6.26. The molecule has 19 heavy (non-hydrogen) atoms. The zero-order valence-electron chi connectivity index (χ0n) is 10.1. The molecule has 0 aliphatic rings. The van der Waals surface area contributed by atoms with E-state index in [2.05, 4.69) is 10.1 Å². The van der Waals surface area contributed by atoms with E-state index in [9.17, 15) is 9.59 Å². The van der Waals surface area contributed by atoms with Gasteiger partial charge in [-0.15, -0.1) is 0 Å². The number of rotatable bonds is 4. The molecule has 2 heterocycles. The van der Waals surface area contributed by atoms with Crippen LogP contribution in [0.15, 0.2) is 30.7 Å². The van der Waals surface area contributed by atoms with E-state index < -0.39 is 11.9 Å². The lowest BCUT2D eigenvalue weighted by molar-refractivity contribution is 0.0526. The van der Waals surface area contributed by atoms with Crippen LogP contribution in [0.2, 0.25) is 0 Å². The van der Waals surface area contributed by atoms with Crippen LogP contribution in [0.4, 0.5) is 0 Å². The van der Waals surface area contributed by atoms with Crippen molar-refractivity contribution in [3.05, 3.63) is 42.0 Å². The molecule has 1 N–H and O–H groups in total. The van der Waals surface area contributed by atoms with Crippen LogP contribution in [0.1, 0.15) is 27.8 Å². The highest BCUT2D eigenvalue weighted by molar-refractivity contribution is 5.89. The maximum absolute atomic E-state index is 11.5. The number of hydrogen-bond acceptors (Lipinski definition) is 5. The molecule has 0 unspecified atom stereocenters. The van der Waals surface area contributed by atoms with E-state index in [1.165, 1.54) is 29.3 Å². The Morgan fingerprint density at radius 1 is 1.37 bits per heavy atom. The maximum atomic E-state index is 11.5. The fourth-order valence-electron chi connectivity index (χ4n) is 1.43. The maximum Gasteiger partial charge on any atom is 0.354 e. The van der Waals surface area contributed by atoms with E-state index in [1.807, 2.05) is 0 Å². The highest BCUT2D eigenvalue weighted by atomic mass is 16.5. The van der Waals surface area contributed by atoms with E-state index in [1.54, 1.807) is 13.0 Å². The second-order valence-corrected chi connectivity index (χ2v) is 3.60. The molecule has 0 aliphatic heterocycles. The molecule has 0 amide bonds. The number of carbonyl (C=O) groups is 2. The summed E-state index contributed by atoms with van der Waals surface area (Å²) in [6.07, 6.45) is 4.24. The molecular weight excluding hydrogens is 250 g/mol. The Morgan fingerprint density at radius 2 is 2.16 bits per heavy atom. The number of hydrogen-bond donors (Lipinski definition) is 1. The predicted octanol–water partition coefficient (Wildman–Crippen LogP) is 1.14. The first-order chi connectivity index (χ1) is 9.11. The van der Waals surface area contributed by atoms with Gasteiger partial charge < -0.3 is 9.84 Å². The number of esters is 1. The number of aromatic carboxylic acids is 1. The summed E-state index contributed by atoms with van der Waals surface area (Å²) in [5.41, 5.74) is 0.825. The van der Waals surface area contributed by atoms with Crippen LogP contribution in [0.5, 0.6) is 0 Å². The van der Waals surface area contributed by atoms with Gasteiger partial charge in [0.2, 0.25) is 0 Å². The second kappa shape index (κ2) is 5.30. The van der Waals surface area contributed by atoms with E-state index in [0.29, 0.717) is 17.9 Å². The van der Waals surface area contributed by atoms with Gasteiger partial charge in [-0.2, -0.15) is 5.10 Å². The molecule has 0 aromatic carbocycles. The number of aromatic nitrogens is 3. The molecule has 0 bridgehead atoms. The van der Waals surface area contributed by atoms with Crippen LogP contribution in [0.25, 0.3) is 5.69 Å². The van der Waals surface area contributed by atoms with Gasteiger partial charge in [0, 0.05) is 6.20 Å². The minimum Gasteiger partial charge on any atom is -0.477 e. The number of pyridine rings is 1. The number of carboxylic acids is 1. The van der Waals surface area contributed by atoms with Crippen molar-refractivity contribution < 1.29 is 19.4 Å². The van der Waals surface area contributed by atoms with Gasteiger partial charge in [-0.3, -0.25) is 0 Å². The third kappa shape index (κ3) is 2.76. The Balaban J connectivity index is 2.23. The topological polar surface area (TPSA) is 94.3 Å². The van der Waals surface area contributed by atoms with E-state index in [4.69, 9.17) is 9.84 Å². The van der Waals surface area contributed by atoms with Gasteiger partial charge in [0.1, 0.15) is 5.69 Å². The van der Waals surface area contributed by atoms with Crippen molar-refractivity contribution >= 4 is 11.9 Å². The Morgan fingerprint density at radius 3 is 2.74 bits per heavy atom. The van der Waals surface area contributed by atoms with Crippen molar-refractivity contribution in [3.63, 3.8) is 0 Å². The summed E-state index contributed by atoms with van der Waals surface area (Å²) in [6, 6.07) is 2.92. The van der Waals surface area contributed by atoms with E-state index in [0.717, 1.165) is 0 Å². The Hall–Kier alpha value is -2.70. The van der Waals surface area contributed by atoms with Crippen LogP contribution < -0.4 is 0 Å². The largest absolute Gasteiger partial charge is 0.477 e. The van der Waals surface area contributed by atoms with E-state index in [-0.39, 0.29) is 5.69 Å². The quantitative estimate of drug-likeness (QED) is 0.829. The Labute approximate surface area is 108 Å². The molecule has 7 nitrogen and oxygen atoms in total. The number of nitrogens with zero attached hydrogens (tertiary/aromatic N) is 3. The average molecular weight is 261 g/mol. The molecule has 0 radical (unpaired) electrons. The third-order valence-corrected chi connectivity index (χ3v) is 2.33. The van der Waals surface area contributed by atoms with Crippen LogP contribution >= 0.6 is 0 Å².